The van der Waals surface area contributed by atoms with E-state index < -0.39 is 6.10 Å². The molecule has 0 aliphatic rings. The second-order valence-corrected chi connectivity index (χ2v) is 7.33. The Labute approximate surface area is 155 Å². The molecule has 0 aliphatic carbocycles. The zero-order valence-electron chi connectivity index (χ0n) is 15.5. The summed E-state index contributed by atoms with van der Waals surface area (Å²) in [5.41, 5.74) is 3.51. The highest BCUT2D eigenvalue weighted by atomic mass is 32.2. The lowest BCUT2D eigenvalue weighted by molar-refractivity contribution is -0.128. The third kappa shape index (κ3) is 5.82. The van der Waals surface area contributed by atoms with Crippen molar-refractivity contribution in [2.45, 2.75) is 45.1 Å². The molecule has 0 fully saturated rings. The molecule has 0 heterocycles. The monoisotopic (exact) mass is 357 g/mol. The molecule has 0 spiro atoms. The maximum absolute atomic E-state index is 12.4. The molecule has 0 bridgehead atoms. The van der Waals surface area contributed by atoms with E-state index in [1.807, 2.05) is 39.0 Å². The number of amides is 1. The fourth-order valence-corrected chi connectivity index (χ4v) is 3.19. The van der Waals surface area contributed by atoms with Gasteiger partial charge in [0, 0.05) is 17.2 Å². The summed E-state index contributed by atoms with van der Waals surface area (Å²) in [6.45, 7) is 8.75. The van der Waals surface area contributed by atoms with Crippen molar-refractivity contribution in [3.8, 4) is 5.75 Å². The lowest BCUT2D eigenvalue weighted by Gasteiger charge is -2.19. The molecule has 0 radical (unpaired) electrons. The van der Waals surface area contributed by atoms with Crippen molar-refractivity contribution in [1.82, 2.24) is 5.32 Å². The van der Waals surface area contributed by atoms with Crippen molar-refractivity contribution in [3.63, 3.8) is 0 Å². The zero-order chi connectivity index (χ0) is 18.2. The molecule has 0 aliphatic heterocycles. The lowest BCUT2D eigenvalue weighted by atomic mass is 10.1. The SMILES string of the molecule is CC[C@H](Oc1cccc(C)c1C)C(=O)NCCSc1ccc(C)cc1. The lowest BCUT2D eigenvalue weighted by Crippen LogP contribution is -2.39. The van der Waals surface area contributed by atoms with Gasteiger partial charge < -0.3 is 10.1 Å². The van der Waals surface area contributed by atoms with E-state index in [0.29, 0.717) is 13.0 Å². The Hall–Kier alpha value is -1.94. The minimum atomic E-state index is -0.454. The van der Waals surface area contributed by atoms with E-state index in [1.165, 1.54) is 16.0 Å². The van der Waals surface area contributed by atoms with Crippen LogP contribution < -0.4 is 10.1 Å². The molecular weight excluding hydrogens is 330 g/mol. The Kier molecular flexibility index (Phi) is 7.38. The van der Waals surface area contributed by atoms with Crippen molar-refractivity contribution < 1.29 is 9.53 Å². The molecule has 4 heteroatoms. The Balaban J connectivity index is 1.81. The largest absolute Gasteiger partial charge is 0.480 e. The number of hydrogen-bond donors (Lipinski definition) is 1. The molecule has 0 saturated heterocycles. The van der Waals surface area contributed by atoms with Crippen molar-refractivity contribution >= 4 is 17.7 Å². The van der Waals surface area contributed by atoms with Gasteiger partial charge in [-0.05, 0) is 56.5 Å². The van der Waals surface area contributed by atoms with Crippen LogP contribution in [0.5, 0.6) is 5.75 Å². The van der Waals surface area contributed by atoms with Crippen LogP contribution in [0.4, 0.5) is 0 Å². The van der Waals surface area contributed by atoms with Gasteiger partial charge in [-0.15, -0.1) is 11.8 Å². The summed E-state index contributed by atoms with van der Waals surface area (Å²) in [5.74, 6) is 1.58. The number of carbonyl (C=O) groups excluding carboxylic acids is 1. The Morgan fingerprint density at radius 2 is 1.84 bits per heavy atom. The normalized spacial score (nSPS) is 11.8. The van der Waals surface area contributed by atoms with Crippen LogP contribution in [0.15, 0.2) is 47.4 Å². The van der Waals surface area contributed by atoms with Gasteiger partial charge in [-0.2, -0.15) is 0 Å². The van der Waals surface area contributed by atoms with Crippen LogP contribution in [0, 0.1) is 20.8 Å². The highest BCUT2D eigenvalue weighted by Crippen LogP contribution is 2.22. The first-order valence-corrected chi connectivity index (χ1v) is 9.70. The topological polar surface area (TPSA) is 38.3 Å². The molecule has 3 nitrogen and oxygen atoms in total. The van der Waals surface area contributed by atoms with Crippen molar-refractivity contribution in [1.29, 1.82) is 0 Å². The predicted octanol–water partition coefficient (Wildman–Crippen LogP) is 4.68. The molecule has 0 aromatic heterocycles. The maximum atomic E-state index is 12.4. The molecule has 0 unspecified atom stereocenters. The minimum Gasteiger partial charge on any atom is -0.480 e. The van der Waals surface area contributed by atoms with Gasteiger partial charge in [-0.3, -0.25) is 4.79 Å². The van der Waals surface area contributed by atoms with Gasteiger partial charge in [0.25, 0.3) is 5.91 Å². The van der Waals surface area contributed by atoms with Gasteiger partial charge >= 0.3 is 0 Å². The van der Waals surface area contributed by atoms with E-state index in [9.17, 15) is 4.79 Å². The van der Waals surface area contributed by atoms with Gasteiger partial charge in [-0.1, -0.05) is 36.8 Å². The number of benzene rings is 2. The predicted molar refractivity (Wildman–Crippen MR) is 106 cm³/mol. The summed E-state index contributed by atoms with van der Waals surface area (Å²) in [6, 6.07) is 14.4. The summed E-state index contributed by atoms with van der Waals surface area (Å²) in [6.07, 6.45) is 0.189. The number of hydrogen-bond acceptors (Lipinski definition) is 3. The summed E-state index contributed by atoms with van der Waals surface area (Å²) < 4.78 is 5.95. The quantitative estimate of drug-likeness (QED) is 0.551. The standard InChI is InChI=1S/C21H27NO2S/c1-5-19(24-20-8-6-7-16(3)17(20)4)21(23)22-13-14-25-18-11-9-15(2)10-12-18/h6-12,19H,5,13-14H2,1-4H3,(H,22,23)/t19-/m0/s1. The Morgan fingerprint density at radius 1 is 1.12 bits per heavy atom. The summed E-state index contributed by atoms with van der Waals surface area (Å²) in [5, 5.41) is 2.98. The van der Waals surface area contributed by atoms with Gasteiger partial charge in [-0.25, -0.2) is 0 Å². The number of carbonyl (C=O) groups is 1. The fraction of sp³-hybridized carbons (Fsp3) is 0.381. The first-order chi connectivity index (χ1) is 12.0. The van der Waals surface area contributed by atoms with E-state index in [-0.39, 0.29) is 5.91 Å². The zero-order valence-corrected chi connectivity index (χ0v) is 16.3. The van der Waals surface area contributed by atoms with Gasteiger partial charge in [0.2, 0.25) is 0 Å². The first-order valence-electron chi connectivity index (χ1n) is 8.71. The summed E-state index contributed by atoms with van der Waals surface area (Å²) in [7, 11) is 0. The van der Waals surface area contributed by atoms with Crippen LogP contribution in [0.1, 0.15) is 30.0 Å². The van der Waals surface area contributed by atoms with E-state index in [2.05, 4.69) is 36.5 Å². The van der Waals surface area contributed by atoms with Crippen molar-refractivity contribution in [2.75, 3.05) is 12.3 Å². The maximum Gasteiger partial charge on any atom is 0.261 e. The molecule has 2 rings (SSSR count). The molecule has 2 aromatic rings. The van der Waals surface area contributed by atoms with Gasteiger partial charge in [0.05, 0.1) is 0 Å². The van der Waals surface area contributed by atoms with Crippen LogP contribution in [0.3, 0.4) is 0 Å². The van der Waals surface area contributed by atoms with Crippen molar-refractivity contribution in [3.05, 3.63) is 59.2 Å². The van der Waals surface area contributed by atoms with Crippen LogP contribution >= 0.6 is 11.8 Å². The number of aryl methyl sites for hydroxylation is 2. The summed E-state index contributed by atoms with van der Waals surface area (Å²) in [4.78, 5) is 13.6. The average Bonchev–Trinajstić information content (AvgIpc) is 2.61. The molecule has 1 amide bonds. The van der Waals surface area contributed by atoms with Crippen LogP contribution in [-0.2, 0) is 4.79 Å². The number of nitrogens with one attached hydrogen (secondary N) is 1. The van der Waals surface area contributed by atoms with Gasteiger partial charge in [0.1, 0.15) is 5.75 Å². The second-order valence-electron chi connectivity index (χ2n) is 6.17. The van der Waals surface area contributed by atoms with Crippen LogP contribution in [0.25, 0.3) is 0 Å². The van der Waals surface area contributed by atoms with Crippen LogP contribution in [0.2, 0.25) is 0 Å². The molecule has 0 saturated carbocycles. The molecule has 2 aromatic carbocycles. The highest BCUT2D eigenvalue weighted by molar-refractivity contribution is 7.99. The minimum absolute atomic E-state index is 0.0482. The van der Waals surface area contributed by atoms with E-state index >= 15 is 0 Å². The summed E-state index contributed by atoms with van der Waals surface area (Å²) >= 11 is 1.74. The number of thioether (sulfide) groups is 1. The average molecular weight is 358 g/mol. The fourth-order valence-electron chi connectivity index (χ4n) is 2.42. The molecule has 25 heavy (non-hydrogen) atoms. The third-order valence-corrected chi connectivity index (χ3v) is 5.19. The van der Waals surface area contributed by atoms with Gasteiger partial charge in [0.15, 0.2) is 6.10 Å². The second kappa shape index (κ2) is 9.52. The number of ether oxygens (including phenoxy) is 1. The first kappa shape index (κ1) is 19.4. The van der Waals surface area contributed by atoms with E-state index in [4.69, 9.17) is 4.74 Å². The molecule has 1 N–H and O–H groups in total. The van der Waals surface area contributed by atoms with Crippen LogP contribution in [-0.4, -0.2) is 24.3 Å². The van der Waals surface area contributed by atoms with E-state index in [0.717, 1.165) is 17.1 Å². The molecule has 134 valence electrons. The third-order valence-electron chi connectivity index (χ3n) is 4.18. The molecular formula is C21H27NO2S. The smallest absolute Gasteiger partial charge is 0.261 e. The van der Waals surface area contributed by atoms with E-state index in [1.54, 1.807) is 11.8 Å². The van der Waals surface area contributed by atoms with Crippen molar-refractivity contribution in [2.24, 2.45) is 0 Å². The highest BCUT2D eigenvalue weighted by Gasteiger charge is 2.18. The number of rotatable bonds is 8. The Bertz CT molecular complexity index is 698. The molecule has 1 atom stereocenters. The Morgan fingerprint density at radius 3 is 2.52 bits per heavy atom.